The molecule has 2 bridgehead atoms. The minimum Gasteiger partial charge on any atom is -0.300 e. The molecule has 0 N–H and O–H groups in total. The molecule has 76 valence electrons. The van der Waals surface area contributed by atoms with E-state index in [0.717, 1.165) is 18.0 Å². The molecule has 13 heavy (non-hydrogen) atoms. The van der Waals surface area contributed by atoms with Crippen molar-refractivity contribution in [2.75, 3.05) is 7.05 Å². The lowest BCUT2D eigenvalue weighted by atomic mass is 9.69. The van der Waals surface area contributed by atoms with Gasteiger partial charge < -0.3 is 4.90 Å². The highest BCUT2D eigenvalue weighted by Gasteiger charge is 2.54. The van der Waals surface area contributed by atoms with Gasteiger partial charge in [0.05, 0.1) is 0 Å². The van der Waals surface area contributed by atoms with Crippen LogP contribution in [0.4, 0.5) is 0 Å². The summed E-state index contributed by atoms with van der Waals surface area (Å²) in [5.74, 6) is 0.984. The highest BCUT2D eigenvalue weighted by molar-refractivity contribution is 5.07. The summed E-state index contributed by atoms with van der Waals surface area (Å²) >= 11 is 0. The molecule has 2 aliphatic rings. The summed E-state index contributed by atoms with van der Waals surface area (Å²) in [7, 11) is 2.31. The highest BCUT2D eigenvalue weighted by Crippen LogP contribution is 2.56. The van der Waals surface area contributed by atoms with Gasteiger partial charge in [-0.1, -0.05) is 26.7 Å². The van der Waals surface area contributed by atoms with Crippen LogP contribution in [-0.4, -0.2) is 24.0 Å². The van der Waals surface area contributed by atoms with E-state index in [1.54, 1.807) is 0 Å². The third-order valence-corrected chi connectivity index (χ3v) is 5.16. The maximum Gasteiger partial charge on any atom is 0.0104 e. The summed E-state index contributed by atoms with van der Waals surface area (Å²) in [5, 5.41) is 0. The summed E-state index contributed by atoms with van der Waals surface area (Å²) in [5.41, 5.74) is 0.705. The summed E-state index contributed by atoms with van der Waals surface area (Å²) in [6.45, 7) is 7.19. The second-order valence-electron chi connectivity index (χ2n) is 5.18. The normalized spacial score (nSPS) is 42.9. The van der Waals surface area contributed by atoms with Gasteiger partial charge in [-0.15, -0.1) is 0 Å². The fraction of sp³-hybridized carbons (Fsp3) is 1.00. The van der Waals surface area contributed by atoms with Gasteiger partial charge in [-0.2, -0.15) is 0 Å². The van der Waals surface area contributed by atoms with Crippen molar-refractivity contribution in [1.82, 2.24) is 4.90 Å². The summed E-state index contributed by atoms with van der Waals surface area (Å²) in [6.07, 6.45) is 5.72. The molecule has 0 spiro atoms. The van der Waals surface area contributed by atoms with Gasteiger partial charge in [0.1, 0.15) is 0 Å². The van der Waals surface area contributed by atoms with Crippen LogP contribution < -0.4 is 0 Å². The Morgan fingerprint density at radius 3 is 2.31 bits per heavy atom. The molecular formula is C12H23N. The van der Waals surface area contributed by atoms with Crippen LogP contribution in [0.5, 0.6) is 0 Å². The molecule has 0 aromatic rings. The van der Waals surface area contributed by atoms with Crippen LogP contribution >= 0.6 is 0 Å². The molecule has 0 aromatic heterocycles. The topological polar surface area (TPSA) is 3.24 Å². The monoisotopic (exact) mass is 181 g/mol. The van der Waals surface area contributed by atoms with Crippen molar-refractivity contribution < 1.29 is 0 Å². The van der Waals surface area contributed by atoms with Crippen LogP contribution in [0.3, 0.4) is 0 Å². The molecule has 0 radical (unpaired) electrons. The fourth-order valence-corrected chi connectivity index (χ4v) is 3.95. The molecule has 1 saturated carbocycles. The van der Waals surface area contributed by atoms with Gasteiger partial charge in [-0.3, -0.25) is 0 Å². The van der Waals surface area contributed by atoms with Crippen molar-refractivity contribution in [2.45, 2.75) is 58.5 Å². The minimum atomic E-state index is 0.705. The molecule has 1 unspecified atom stereocenters. The van der Waals surface area contributed by atoms with Crippen molar-refractivity contribution in [3.05, 3.63) is 0 Å². The van der Waals surface area contributed by atoms with Gasteiger partial charge in [0.15, 0.2) is 0 Å². The Balaban J connectivity index is 2.21. The zero-order valence-electron chi connectivity index (χ0n) is 9.51. The van der Waals surface area contributed by atoms with Crippen LogP contribution in [0, 0.1) is 11.3 Å². The number of nitrogens with zero attached hydrogens (tertiary/aromatic N) is 1. The third-order valence-electron chi connectivity index (χ3n) is 5.16. The predicted octanol–water partition coefficient (Wildman–Crippen LogP) is 2.91. The summed E-state index contributed by atoms with van der Waals surface area (Å²) in [4.78, 5) is 2.61. The SMILES string of the molecule is CCC1(CC)C[C@@H]2C[C@H]1C(C)N2C. The predicted molar refractivity (Wildman–Crippen MR) is 56.8 cm³/mol. The summed E-state index contributed by atoms with van der Waals surface area (Å²) in [6, 6.07) is 1.73. The van der Waals surface area contributed by atoms with Crippen LogP contribution in [0.2, 0.25) is 0 Å². The van der Waals surface area contributed by atoms with E-state index in [2.05, 4.69) is 32.7 Å². The van der Waals surface area contributed by atoms with E-state index in [-0.39, 0.29) is 0 Å². The van der Waals surface area contributed by atoms with Crippen molar-refractivity contribution in [1.29, 1.82) is 0 Å². The van der Waals surface area contributed by atoms with Crippen LogP contribution in [0.25, 0.3) is 0 Å². The average molecular weight is 181 g/mol. The Morgan fingerprint density at radius 1 is 1.31 bits per heavy atom. The second-order valence-corrected chi connectivity index (χ2v) is 5.18. The van der Waals surface area contributed by atoms with Crippen LogP contribution in [-0.2, 0) is 0 Å². The number of fused-ring (bicyclic) bond motifs is 2. The lowest BCUT2D eigenvalue weighted by Crippen LogP contribution is -2.44. The van der Waals surface area contributed by atoms with Crippen LogP contribution in [0.15, 0.2) is 0 Å². The molecule has 0 aromatic carbocycles. The highest BCUT2D eigenvalue weighted by atomic mass is 15.2. The zero-order valence-corrected chi connectivity index (χ0v) is 9.51. The number of piperidine rings is 1. The van der Waals surface area contributed by atoms with Crippen LogP contribution in [0.1, 0.15) is 46.5 Å². The van der Waals surface area contributed by atoms with E-state index in [4.69, 9.17) is 0 Å². The van der Waals surface area contributed by atoms with Gasteiger partial charge in [-0.05, 0) is 38.1 Å². The van der Waals surface area contributed by atoms with Crippen molar-refractivity contribution >= 4 is 0 Å². The maximum absolute atomic E-state index is 2.61. The van der Waals surface area contributed by atoms with Crippen molar-refractivity contribution in [2.24, 2.45) is 11.3 Å². The molecule has 3 atom stereocenters. The Bertz CT molecular complexity index is 193. The first kappa shape index (κ1) is 9.51. The van der Waals surface area contributed by atoms with E-state index >= 15 is 0 Å². The number of hydrogen-bond acceptors (Lipinski definition) is 1. The van der Waals surface area contributed by atoms with E-state index in [1.165, 1.54) is 25.7 Å². The van der Waals surface area contributed by atoms with E-state index in [0.29, 0.717) is 5.41 Å². The fourth-order valence-electron chi connectivity index (χ4n) is 3.95. The molecule has 1 aliphatic heterocycles. The van der Waals surface area contributed by atoms with Crippen molar-refractivity contribution in [3.63, 3.8) is 0 Å². The Hall–Kier alpha value is -0.0400. The quantitative estimate of drug-likeness (QED) is 0.633. The smallest absolute Gasteiger partial charge is 0.0104 e. The lowest BCUT2D eigenvalue weighted by Gasteiger charge is -2.43. The molecule has 1 heteroatoms. The standard InChI is InChI=1S/C12H23N/c1-5-12(6-2)8-10-7-11(12)9(3)13(10)4/h9-11H,5-8H2,1-4H3/t9?,10-,11-/m0/s1. The Labute approximate surface area is 82.5 Å². The molecule has 1 saturated heterocycles. The molecule has 0 amide bonds. The van der Waals surface area contributed by atoms with Gasteiger partial charge in [-0.25, -0.2) is 0 Å². The zero-order chi connectivity index (χ0) is 9.64. The number of hydrogen-bond donors (Lipinski definition) is 0. The first-order valence-corrected chi connectivity index (χ1v) is 5.86. The minimum absolute atomic E-state index is 0.705. The molecule has 1 nitrogen and oxygen atoms in total. The maximum atomic E-state index is 2.61. The van der Waals surface area contributed by atoms with E-state index in [1.807, 2.05) is 0 Å². The first-order valence-electron chi connectivity index (χ1n) is 5.86. The Kier molecular flexibility index (Phi) is 2.18. The first-order chi connectivity index (χ1) is 6.14. The molecular weight excluding hydrogens is 158 g/mol. The Morgan fingerprint density at radius 2 is 1.92 bits per heavy atom. The average Bonchev–Trinajstić information content (AvgIpc) is 2.65. The number of rotatable bonds is 2. The third kappa shape index (κ3) is 1.09. The molecule has 1 heterocycles. The number of likely N-dealkylation sites (tertiary alicyclic amines) is 1. The van der Waals surface area contributed by atoms with Crippen molar-refractivity contribution in [3.8, 4) is 0 Å². The lowest BCUT2D eigenvalue weighted by molar-refractivity contribution is 0.0564. The van der Waals surface area contributed by atoms with Gasteiger partial charge in [0.2, 0.25) is 0 Å². The molecule has 2 fully saturated rings. The molecule has 2 rings (SSSR count). The van der Waals surface area contributed by atoms with Gasteiger partial charge in [0, 0.05) is 12.1 Å². The van der Waals surface area contributed by atoms with E-state index in [9.17, 15) is 0 Å². The van der Waals surface area contributed by atoms with Gasteiger partial charge >= 0.3 is 0 Å². The van der Waals surface area contributed by atoms with Gasteiger partial charge in [0.25, 0.3) is 0 Å². The molecule has 1 aliphatic carbocycles. The largest absolute Gasteiger partial charge is 0.300 e. The second kappa shape index (κ2) is 2.98. The summed E-state index contributed by atoms with van der Waals surface area (Å²) < 4.78 is 0. The van der Waals surface area contributed by atoms with E-state index < -0.39 is 0 Å².